The summed E-state index contributed by atoms with van der Waals surface area (Å²) in [5, 5.41) is 5.64. The first-order valence-corrected chi connectivity index (χ1v) is 6.42. The van der Waals surface area contributed by atoms with E-state index in [4.69, 9.17) is 0 Å². The summed E-state index contributed by atoms with van der Waals surface area (Å²) in [6.07, 6.45) is 2.46. The highest BCUT2D eigenvalue weighted by atomic mass is 127. The van der Waals surface area contributed by atoms with E-state index in [0.717, 1.165) is 13.0 Å². The highest BCUT2D eigenvalue weighted by molar-refractivity contribution is 14.0. The van der Waals surface area contributed by atoms with Gasteiger partial charge in [0.05, 0.1) is 6.54 Å². The number of nitrogens with zero attached hydrogens (tertiary/aromatic N) is 1. The molecule has 0 aromatic heterocycles. The SMILES string of the molecule is CCNC(=NCC1(CC)CCC1)NCC(F)F.I. The number of hydrogen-bond donors (Lipinski definition) is 2. The monoisotopic (exact) mass is 375 g/mol. The lowest BCUT2D eigenvalue weighted by molar-refractivity contribution is 0.138. The zero-order valence-electron chi connectivity index (χ0n) is 11.1. The smallest absolute Gasteiger partial charge is 0.255 e. The van der Waals surface area contributed by atoms with E-state index in [9.17, 15) is 8.78 Å². The van der Waals surface area contributed by atoms with Gasteiger partial charge >= 0.3 is 0 Å². The molecular formula is C12H24F2IN3. The quantitative estimate of drug-likeness (QED) is 0.426. The number of aliphatic imine (C=N–C) groups is 1. The van der Waals surface area contributed by atoms with Crippen LogP contribution in [0.1, 0.15) is 39.5 Å². The van der Waals surface area contributed by atoms with E-state index in [1.165, 1.54) is 19.3 Å². The molecular weight excluding hydrogens is 351 g/mol. The first-order valence-electron chi connectivity index (χ1n) is 6.42. The van der Waals surface area contributed by atoms with Gasteiger partial charge in [-0.1, -0.05) is 13.3 Å². The van der Waals surface area contributed by atoms with Crippen LogP contribution in [-0.4, -0.2) is 32.0 Å². The van der Waals surface area contributed by atoms with Crippen molar-refractivity contribution in [3.05, 3.63) is 0 Å². The molecule has 108 valence electrons. The summed E-state index contributed by atoms with van der Waals surface area (Å²) in [6.45, 7) is 5.19. The molecule has 0 radical (unpaired) electrons. The Morgan fingerprint density at radius 3 is 2.33 bits per heavy atom. The Hall–Kier alpha value is -0.140. The molecule has 6 heteroatoms. The summed E-state index contributed by atoms with van der Waals surface area (Å²) in [6, 6.07) is 0. The highest BCUT2D eigenvalue weighted by Gasteiger charge is 2.34. The molecule has 1 rings (SSSR count). The second-order valence-electron chi connectivity index (χ2n) is 4.67. The van der Waals surface area contributed by atoms with Crippen molar-refractivity contribution >= 4 is 29.9 Å². The molecule has 0 amide bonds. The summed E-state index contributed by atoms with van der Waals surface area (Å²) < 4.78 is 24.2. The molecule has 0 saturated heterocycles. The fourth-order valence-electron chi connectivity index (χ4n) is 2.06. The molecule has 0 spiro atoms. The molecule has 1 aliphatic carbocycles. The van der Waals surface area contributed by atoms with Crippen LogP contribution < -0.4 is 10.6 Å². The van der Waals surface area contributed by atoms with Gasteiger partial charge in [-0.15, -0.1) is 24.0 Å². The Labute approximate surface area is 125 Å². The molecule has 2 N–H and O–H groups in total. The van der Waals surface area contributed by atoms with Crippen LogP contribution in [0.25, 0.3) is 0 Å². The Morgan fingerprint density at radius 1 is 1.28 bits per heavy atom. The van der Waals surface area contributed by atoms with Crippen LogP contribution >= 0.6 is 24.0 Å². The molecule has 0 aromatic carbocycles. The first-order chi connectivity index (χ1) is 8.12. The maximum atomic E-state index is 12.1. The minimum absolute atomic E-state index is 0. The van der Waals surface area contributed by atoms with Gasteiger partial charge in [-0.3, -0.25) is 4.99 Å². The molecule has 0 bridgehead atoms. The zero-order valence-corrected chi connectivity index (χ0v) is 13.5. The van der Waals surface area contributed by atoms with Gasteiger partial charge < -0.3 is 10.6 Å². The Balaban J connectivity index is 0.00000289. The van der Waals surface area contributed by atoms with Crippen LogP contribution in [0, 0.1) is 5.41 Å². The van der Waals surface area contributed by atoms with Crippen LogP contribution in [-0.2, 0) is 0 Å². The van der Waals surface area contributed by atoms with E-state index in [1.54, 1.807) is 0 Å². The van der Waals surface area contributed by atoms with Crippen molar-refractivity contribution in [1.29, 1.82) is 0 Å². The molecule has 1 fully saturated rings. The molecule has 1 saturated carbocycles. The van der Waals surface area contributed by atoms with Crippen molar-refractivity contribution < 1.29 is 8.78 Å². The van der Waals surface area contributed by atoms with Crippen molar-refractivity contribution in [1.82, 2.24) is 10.6 Å². The predicted octanol–water partition coefficient (Wildman–Crippen LogP) is 3.00. The van der Waals surface area contributed by atoms with E-state index in [-0.39, 0.29) is 30.5 Å². The second-order valence-corrected chi connectivity index (χ2v) is 4.67. The van der Waals surface area contributed by atoms with E-state index in [0.29, 0.717) is 17.9 Å². The van der Waals surface area contributed by atoms with E-state index in [1.807, 2.05) is 6.92 Å². The Bertz CT molecular complexity index is 250. The van der Waals surface area contributed by atoms with Crippen molar-refractivity contribution in [2.24, 2.45) is 10.4 Å². The lowest BCUT2D eigenvalue weighted by Crippen LogP contribution is -2.41. The molecule has 3 nitrogen and oxygen atoms in total. The summed E-state index contributed by atoms with van der Waals surface area (Å²) >= 11 is 0. The number of hydrogen-bond acceptors (Lipinski definition) is 1. The number of guanidine groups is 1. The lowest BCUT2D eigenvalue weighted by atomic mass is 9.67. The average Bonchev–Trinajstić information content (AvgIpc) is 2.24. The number of rotatable bonds is 6. The fourth-order valence-corrected chi connectivity index (χ4v) is 2.06. The molecule has 0 aliphatic heterocycles. The number of nitrogens with one attached hydrogen (secondary N) is 2. The molecule has 0 unspecified atom stereocenters. The molecule has 0 atom stereocenters. The molecule has 1 aliphatic rings. The van der Waals surface area contributed by atoms with Crippen LogP contribution in [0.4, 0.5) is 8.78 Å². The van der Waals surface area contributed by atoms with Crippen molar-refractivity contribution in [2.75, 3.05) is 19.6 Å². The number of alkyl halides is 2. The third-order valence-electron chi connectivity index (χ3n) is 3.50. The van der Waals surface area contributed by atoms with Crippen LogP contribution in [0.2, 0.25) is 0 Å². The van der Waals surface area contributed by atoms with E-state index >= 15 is 0 Å². The van der Waals surface area contributed by atoms with Crippen molar-refractivity contribution in [3.63, 3.8) is 0 Å². The van der Waals surface area contributed by atoms with Crippen LogP contribution in [0.15, 0.2) is 4.99 Å². The molecule has 18 heavy (non-hydrogen) atoms. The first kappa shape index (κ1) is 17.9. The van der Waals surface area contributed by atoms with E-state index < -0.39 is 6.43 Å². The normalized spacial score (nSPS) is 17.9. The van der Waals surface area contributed by atoms with E-state index in [2.05, 4.69) is 22.5 Å². The van der Waals surface area contributed by atoms with Gasteiger partial charge in [-0.2, -0.15) is 0 Å². The summed E-state index contributed by atoms with van der Waals surface area (Å²) in [4.78, 5) is 4.41. The topological polar surface area (TPSA) is 36.4 Å². The van der Waals surface area contributed by atoms with Gasteiger partial charge in [0.1, 0.15) is 0 Å². The van der Waals surface area contributed by atoms with Crippen LogP contribution in [0.5, 0.6) is 0 Å². The molecule has 0 heterocycles. The maximum Gasteiger partial charge on any atom is 0.255 e. The Kier molecular flexibility index (Phi) is 8.81. The Morgan fingerprint density at radius 2 is 1.94 bits per heavy atom. The summed E-state index contributed by atoms with van der Waals surface area (Å²) in [7, 11) is 0. The third-order valence-corrected chi connectivity index (χ3v) is 3.50. The average molecular weight is 375 g/mol. The minimum atomic E-state index is -2.34. The minimum Gasteiger partial charge on any atom is -0.357 e. The van der Waals surface area contributed by atoms with Crippen molar-refractivity contribution in [3.8, 4) is 0 Å². The largest absolute Gasteiger partial charge is 0.357 e. The number of halogens is 3. The summed E-state index contributed by atoms with van der Waals surface area (Å²) in [5.41, 5.74) is 0.327. The van der Waals surface area contributed by atoms with Crippen LogP contribution in [0.3, 0.4) is 0 Å². The van der Waals surface area contributed by atoms with Gasteiger partial charge in [-0.05, 0) is 31.6 Å². The molecule has 0 aromatic rings. The van der Waals surface area contributed by atoms with Gasteiger partial charge in [-0.25, -0.2) is 8.78 Å². The second kappa shape index (κ2) is 8.87. The predicted molar refractivity (Wildman–Crippen MR) is 82.0 cm³/mol. The maximum absolute atomic E-state index is 12.1. The van der Waals surface area contributed by atoms with Gasteiger partial charge in [0, 0.05) is 13.1 Å². The zero-order chi connectivity index (χ0) is 12.7. The van der Waals surface area contributed by atoms with Gasteiger partial charge in [0.25, 0.3) is 6.43 Å². The fraction of sp³-hybridized carbons (Fsp3) is 0.917. The lowest BCUT2D eigenvalue weighted by Gasteiger charge is -2.40. The van der Waals surface area contributed by atoms with Gasteiger partial charge in [0.15, 0.2) is 5.96 Å². The third kappa shape index (κ3) is 5.67. The summed E-state index contributed by atoms with van der Waals surface area (Å²) in [5.74, 6) is 0.507. The highest BCUT2D eigenvalue weighted by Crippen LogP contribution is 2.43. The van der Waals surface area contributed by atoms with Gasteiger partial charge in [0.2, 0.25) is 0 Å². The standard InChI is InChI=1S/C12H23F2N3.HI/c1-3-12(6-5-7-12)9-17-11(15-4-2)16-8-10(13)14;/h10H,3-9H2,1-2H3,(H2,15,16,17);1H. The van der Waals surface area contributed by atoms with Crippen molar-refractivity contribution in [2.45, 2.75) is 46.0 Å².